The summed E-state index contributed by atoms with van der Waals surface area (Å²) in [6.07, 6.45) is 1.89. The number of morpholine rings is 1. The second kappa shape index (κ2) is 4.80. The van der Waals surface area contributed by atoms with Gasteiger partial charge in [0.15, 0.2) is 0 Å². The van der Waals surface area contributed by atoms with E-state index in [1.807, 2.05) is 13.1 Å². The van der Waals surface area contributed by atoms with Crippen LogP contribution >= 0.6 is 0 Å². The van der Waals surface area contributed by atoms with E-state index in [1.165, 1.54) is 5.56 Å². The SMILES string of the molecule is Cc1cc(N2CCOCC2)ncc1C(C)N. The first kappa shape index (κ1) is 11.4. The largest absolute Gasteiger partial charge is 0.378 e. The maximum Gasteiger partial charge on any atom is 0.128 e. The van der Waals surface area contributed by atoms with E-state index in [1.54, 1.807) is 0 Å². The molecule has 0 amide bonds. The lowest BCUT2D eigenvalue weighted by Gasteiger charge is -2.28. The molecule has 1 saturated heterocycles. The highest BCUT2D eigenvalue weighted by molar-refractivity contribution is 5.44. The summed E-state index contributed by atoms with van der Waals surface area (Å²) in [6, 6.07) is 2.16. The van der Waals surface area contributed by atoms with Crippen LogP contribution in [0.2, 0.25) is 0 Å². The zero-order valence-corrected chi connectivity index (χ0v) is 9.94. The van der Waals surface area contributed by atoms with E-state index in [4.69, 9.17) is 10.5 Å². The summed E-state index contributed by atoms with van der Waals surface area (Å²) in [5.74, 6) is 1.03. The number of nitrogens with zero attached hydrogens (tertiary/aromatic N) is 2. The third-order valence-corrected chi connectivity index (χ3v) is 2.96. The van der Waals surface area contributed by atoms with Gasteiger partial charge in [-0.2, -0.15) is 0 Å². The first-order chi connectivity index (χ1) is 7.68. The van der Waals surface area contributed by atoms with Gasteiger partial charge in [0.2, 0.25) is 0 Å². The molecule has 1 unspecified atom stereocenters. The van der Waals surface area contributed by atoms with Crippen LogP contribution in [-0.4, -0.2) is 31.3 Å². The number of anilines is 1. The van der Waals surface area contributed by atoms with Crippen molar-refractivity contribution in [2.45, 2.75) is 19.9 Å². The monoisotopic (exact) mass is 221 g/mol. The quantitative estimate of drug-likeness (QED) is 0.816. The van der Waals surface area contributed by atoms with Gasteiger partial charge in [-0.25, -0.2) is 4.98 Å². The van der Waals surface area contributed by atoms with E-state index in [-0.39, 0.29) is 6.04 Å². The normalized spacial score (nSPS) is 18.6. The highest BCUT2D eigenvalue weighted by Crippen LogP contribution is 2.20. The Balaban J connectivity index is 2.19. The minimum Gasteiger partial charge on any atom is -0.378 e. The van der Waals surface area contributed by atoms with Crippen molar-refractivity contribution in [2.24, 2.45) is 5.73 Å². The molecule has 0 spiro atoms. The number of ether oxygens (including phenoxy) is 1. The first-order valence-electron chi connectivity index (χ1n) is 5.73. The van der Waals surface area contributed by atoms with Crippen molar-refractivity contribution in [1.29, 1.82) is 0 Å². The van der Waals surface area contributed by atoms with E-state index in [0.717, 1.165) is 37.7 Å². The third kappa shape index (κ3) is 2.33. The molecule has 4 nitrogen and oxygen atoms in total. The van der Waals surface area contributed by atoms with Gasteiger partial charge in [0.05, 0.1) is 13.2 Å². The summed E-state index contributed by atoms with van der Waals surface area (Å²) in [6.45, 7) is 7.49. The van der Waals surface area contributed by atoms with Crippen molar-refractivity contribution in [3.8, 4) is 0 Å². The Morgan fingerprint density at radius 1 is 1.44 bits per heavy atom. The number of rotatable bonds is 2. The summed E-state index contributed by atoms with van der Waals surface area (Å²) >= 11 is 0. The average molecular weight is 221 g/mol. The van der Waals surface area contributed by atoms with Crippen LogP contribution in [0, 0.1) is 6.92 Å². The Bertz CT molecular complexity index is 359. The molecule has 2 rings (SSSR count). The highest BCUT2D eigenvalue weighted by atomic mass is 16.5. The zero-order valence-electron chi connectivity index (χ0n) is 9.94. The molecule has 0 saturated carbocycles. The van der Waals surface area contributed by atoms with Crippen molar-refractivity contribution in [2.75, 3.05) is 31.2 Å². The van der Waals surface area contributed by atoms with E-state index in [0.29, 0.717) is 0 Å². The summed E-state index contributed by atoms with van der Waals surface area (Å²) in [5.41, 5.74) is 8.21. The highest BCUT2D eigenvalue weighted by Gasteiger charge is 2.13. The molecule has 4 heteroatoms. The summed E-state index contributed by atoms with van der Waals surface area (Å²) in [5, 5.41) is 0. The Morgan fingerprint density at radius 2 is 2.12 bits per heavy atom. The van der Waals surface area contributed by atoms with Gasteiger partial charge in [0.25, 0.3) is 0 Å². The van der Waals surface area contributed by atoms with Gasteiger partial charge in [-0.3, -0.25) is 0 Å². The second-order valence-corrected chi connectivity index (χ2v) is 4.29. The lowest BCUT2D eigenvalue weighted by atomic mass is 10.1. The number of aryl methyl sites for hydroxylation is 1. The third-order valence-electron chi connectivity index (χ3n) is 2.96. The first-order valence-corrected chi connectivity index (χ1v) is 5.73. The number of hydrogen-bond donors (Lipinski definition) is 1. The van der Waals surface area contributed by atoms with Crippen LogP contribution < -0.4 is 10.6 Å². The van der Waals surface area contributed by atoms with Gasteiger partial charge < -0.3 is 15.4 Å². The molecule has 2 N–H and O–H groups in total. The van der Waals surface area contributed by atoms with E-state index in [2.05, 4.69) is 22.9 Å². The Labute approximate surface area is 96.4 Å². The van der Waals surface area contributed by atoms with Crippen molar-refractivity contribution < 1.29 is 4.74 Å². The molecule has 88 valence electrons. The zero-order chi connectivity index (χ0) is 11.5. The molecule has 0 aliphatic carbocycles. The van der Waals surface area contributed by atoms with Gasteiger partial charge in [-0.05, 0) is 31.0 Å². The number of hydrogen-bond acceptors (Lipinski definition) is 4. The predicted octanol–water partition coefficient (Wildman–Crippen LogP) is 1.25. The number of aromatic nitrogens is 1. The van der Waals surface area contributed by atoms with E-state index >= 15 is 0 Å². The molecular weight excluding hydrogens is 202 g/mol. The lowest BCUT2D eigenvalue weighted by molar-refractivity contribution is 0.122. The maximum atomic E-state index is 5.87. The minimum atomic E-state index is 0.0474. The van der Waals surface area contributed by atoms with Gasteiger partial charge in [-0.15, -0.1) is 0 Å². The summed E-state index contributed by atoms with van der Waals surface area (Å²) < 4.78 is 5.32. The van der Waals surface area contributed by atoms with Gasteiger partial charge >= 0.3 is 0 Å². The van der Waals surface area contributed by atoms with Crippen LogP contribution in [-0.2, 0) is 4.74 Å². The molecule has 1 aliphatic heterocycles. The lowest BCUT2D eigenvalue weighted by Crippen LogP contribution is -2.36. The van der Waals surface area contributed by atoms with Crippen LogP contribution in [0.25, 0.3) is 0 Å². The van der Waals surface area contributed by atoms with E-state index < -0.39 is 0 Å². The minimum absolute atomic E-state index is 0.0474. The van der Waals surface area contributed by atoms with Crippen LogP contribution in [0.3, 0.4) is 0 Å². The second-order valence-electron chi connectivity index (χ2n) is 4.29. The van der Waals surface area contributed by atoms with E-state index in [9.17, 15) is 0 Å². The fraction of sp³-hybridized carbons (Fsp3) is 0.583. The smallest absolute Gasteiger partial charge is 0.128 e. The van der Waals surface area contributed by atoms with Gasteiger partial charge in [-0.1, -0.05) is 0 Å². The van der Waals surface area contributed by atoms with Crippen molar-refractivity contribution in [3.05, 3.63) is 23.4 Å². The fourth-order valence-electron chi connectivity index (χ4n) is 1.99. The fourth-order valence-corrected chi connectivity index (χ4v) is 1.99. The van der Waals surface area contributed by atoms with Crippen molar-refractivity contribution >= 4 is 5.82 Å². The van der Waals surface area contributed by atoms with Crippen molar-refractivity contribution in [3.63, 3.8) is 0 Å². The Hall–Kier alpha value is -1.13. The number of pyridine rings is 1. The topological polar surface area (TPSA) is 51.4 Å². The predicted molar refractivity (Wildman–Crippen MR) is 64.6 cm³/mol. The molecule has 1 aromatic heterocycles. The van der Waals surface area contributed by atoms with Crippen LogP contribution in [0.1, 0.15) is 24.1 Å². The summed E-state index contributed by atoms with van der Waals surface area (Å²) in [4.78, 5) is 6.73. The molecule has 2 heterocycles. The van der Waals surface area contributed by atoms with Crippen LogP contribution in [0.4, 0.5) is 5.82 Å². The molecule has 16 heavy (non-hydrogen) atoms. The maximum absolute atomic E-state index is 5.87. The standard InChI is InChI=1S/C12H19N3O/c1-9-7-12(14-8-11(9)10(2)13)15-3-5-16-6-4-15/h7-8,10H,3-6,13H2,1-2H3. The number of nitrogens with two attached hydrogens (primary N) is 1. The molecule has 0 aromatic carbocycles. The molecule has 1 atom stereocenters. The van der Waals surface area contributed by atoms with Gasteiger partial charge in [0.1, 0.15) is 5.82 Å². The average Bonchev–Trinajstić information content (AvgIpc) is 2.29. The Morgan fingerprint density at radius 3 is 2.69 bits per heavy atom. The van der Waals surface area contributed by atoms with Crippen LogP contribution in [0.15, 0.2) is 12.3 Å². The van der Waals surface area contributed by atoms with Gasteiger partial charge in [0, 0.05) is 25.3 Å². The van der Waals surface area contributed by atoms with Crippen LogP contribution in [0.5, 0.6) is 0 Å². The summed E-state index contributed by atoms with van der Waals surface area (Å²) in [7, 11) is 0. The molecular formula is C12H19N3O. The Kier molecular flexibility index (Phi) is 3.41. The molecule has 1 aromatic rings. The molecule has 0 bridgehead atoms. The molecule has 0 radical (unpaired) electrons. The van der Waals surface area contributed by atoms with Crippen molar-refractivity contribution in [1.82, 2.24) is 4.98 Å². The molecule has 1 aliphatic rings. The molecule has 1 fully saturated rings.